The molecule has 5 aromatic carbocycles. The monoisotopic (exact) mass is 733 g/mol. The fraction of sp³-hybridized carbons (Fsp3) is 0.156. The zero-order valence-electron chi connectivity index (χ0n) is 31.2. The van der Waals surface area contributed by atoms with Crippen LogP contribution in [0.3, 0.4) is 0 Å². The molecule has 10 aromatic rings. The zero-order valence-corrected chi connectivity index (χ0v) is 31.2. The smallest absolute Gasteiger partial charge is 0.115 e. The van der Waals surface area contributed by atoms with Crippen LogP contribution in [0.4, 0.5) is 0 Å². The van der Waals surface area contributed by atoms with Crippen molar-refractivity contribution in [3.8, 4) is 34.0 Å². The Morgan fingerprint density at radius 2 is 1.18 bits per heavy atom. The van der Waals surface area contributed by atoms with E-state index in [1.165, 1.54) is 49.2 Å². The van der Waals surface area contributed by atoms with Crippen LogP contribution in [0.2, 0.25) is 0 Å². The molecule has 5 aromatic heterocycles. The average molecular weight is 734 g/mol. The first-order valence-corrected chi connectivity index (χ1v) is 19.0. The minimum Gasteiger partial charge on any atom is -0.341 e. The Labute approximate surface area is 323 Å². The van der Waals surface area contributed by atoms with E-state index in [-0.39, 0.29) is 0 Å². The van der Waals surface area contributed by atoms with E-state index >= 15 is 0 Å². The molecule has 10 rings (SSSR count). The van der Waals surface area contributed by atoms with E-state index in [1.54, 1.807) is 12.4 Å². The molecule has 0 bridgehead atoms. The molecule has 56 heavy (non-hydrogen) atoms. The summed E-state index contributed by atoms with van der Waals surface area (Å²) in [5.41, 5.74) is 11.7. The summed E-state index contributed by atoms with van der Waals surface area (Å²) in [6.07, 6.45) is 6.25. The molecule has 274 valence electrons. The Morgan fingerprint density at radius 1 is 0.571 bits per heavy atom. The molecule has 0 aliphatic rings. The summed E-state index contributed by atoms with van der Waals surface area (Å²) in [4.78, 5) is 2.40. The highest BCUT2D eigenvalue weighted by Crippen LogP contribution is 2.33. The minimum atomic E-state index is 0.728. The molecule has 0 fully saturated rings. The van der Waals surface area contributed by atoms with Crippen molar-refractivity contribution in [2.24, 2.45) is 0 Å². The van der Waals surface area contributed by atoms with Gasteiger partial charge in [0, 0.05) is 75.0 Å². The van der Waals surface area contributed by atoms with Gasteiger partial charge in [-0.1, -0.05) is 71.1 Å². The van der Waals surface area contributed by atoms with E-state index < -0.39 is 0 Å². The van der Waals surface area contributed by atoms with Crippen molar-refractivity contribution in [2.45, 2.75) is 33.0 Å². The van der Waals surface area contributed by atoms with Crippen LogP contribution in [0.25, 0.3) is 77.6 Å². The topological polar surface area (TPSA) is 100 Å². The number of para-hydroxylation sites is 2. The van der Waals surface area contributed by atoms with Gasteiger partial charge in [0.15, 0.2) is 0 Å². The van der Waals surface area contributed by atoms with Crippen molar-refractivity contribution in [2.75, 3.05) is 13.6 Å². The van der Waals surface area contributed by atoms with E-state index in [0.29, 0.717) is 0 Å². The Bertz CT molecular complexity index is 2990. The molecule has 0 saturated heterocycles. The van der Waals surface area contributed by atoms with Gasteiger partial charge in [0.2, 0.25) is 0 Å². The molecule has 0 saturated carbocycles. The van der Waals surface area contributed by atoms with Gasteiger partial charge in [-0.05, 0) is 93.2 Å². The molecule has 11 nitrogen and oxygen atoms in total. The Balaban J connectivity index is 0.836. The zero-order chi connectivity index (χ0) is 37.6. The van der Waals surface area contributed by atoms with Crippen LogP contribution in [0.5, 0.6) is 0 Å². The van der Waals surface area contributed by atoms with Crippen LogP contribution in [0.1, 0.15) is 18.9 Å². The summed E-state index contributed by atoms with van der Waals surface area (Å²) < 4.78 is 8.58. The van der Waals surface area contributed by atoms with Gasteiger partial charge in [0.05, 0.1) is 29.5 Å². The van der Waals surface area contributed by atoms with Gasteiger partial charge >= 0.3 is 0 Å². The normalized spacial score (nSPS) is 11.9. The lowest BCUT2D eigenvalue weighted by atomic mass is 10.1. The van der Waals surface area contributed by atoms with Crippen LogP contribution in [0.15, 0.2) is 140 Å². The second kappa shape index (κ2) is 14.0. The van der Waals surface area contributed by atoms with Gasteiger partial charge in [-0.3, -0.25) is 0 Å². The molecule has 0 spiro atoms. The van der Waals surface area contributed by atoms with Gasteiger partial charge in [-0.2, -0.15) is 5.10 Å². The number of fused-ring (bicyclic) bond motifs is 6. The highest BCUT2D eigenvalue weighted by atomic mass is 15.4. The number of aryl methyl sites for hydroxylation is 2. The predicted octanol–water partition coefficient (Wildman–Crippen LogP) is 8.73. The number of hydrogen-bond acceptors (Lipinski definition) is 7. The molecule has 0 N–H and O–H groups in total. The van der Waals surface area contributed by atoms with Crippen LogP contribution in [-0.4, -0.2) is 67.8 Å². The highest BCUT2D eigenvalue weighted by molar-refractivity contribution is 6.09. The molecule has 0 radical (unpaired) electrons. The SMILES string of the molecule is CCn1c2ccccc2c2cc(-n3nncc3-c3ccc(CN(C)CCCn4c5ccccc5c5cc(-n6nncc6-c6cccnn6)ccc54)cc3)ccc21. The number of benzene rings is 5. The lowest BCUT2D eigenvalue weighted by molar-refractivity contribution is 0.316. The quantitative estimate of drug-likeness (QED) is 0.131. The molecule has 0 unspecified atom stereocenters. The fourth-order valence-corrected chi connectivity index (χ4v) is 8.26. The van der Waals surface area contributed by atoms with E-state index in [4.69, 9.17) is 0 Å². The Morgan fingerprint density at radius 3 is 1.84 bits per heavy atom. The van der Waals surface area contributed by atoms with Gasteiger partial charge in [-0.25, -0.2) is 9.36 Å². The third-order valence-corrected chi connectivity index (χ3v) is 10.9. The average Bonchev–Trinajstić information content (AvgIpc) is 4.05. The number of rotatable bonds is 11. The van der Waals surface area contributed by atoms with Crippen molar-refractivity contribution in [3.05, 3.63) is 145 Å². The van der Waals surface area contributed by atoms with Gasteiger partial charge in [0.25, 0.3) is 0 Å². The molecule has 0 aliphatic carbocycles. The van der Waals surface area contributed by atoms with Crippen molar-refractivity contribution in [1.82, 2.24) is 54.2 Å². The van der Waals surface area contributed by atoms with Gasteiger partial charge in [0.1, 0.15) is 11.4 Å². The summed E-state index contributed by atoms with van der Waals surface area (Å²) in [7, 11) is 2.20. The molecular weight excluding hydrogens is 695 g/mol. The molecular formula is C45H39N11. The minimum absolute atomic E-state index is 0.728. The molecule has 0 atom stereocenters. The molecule has 0 amide bonds. The van der Waals surface area contributed by atoms with Crippen LogP contribution < -0.4 is 0 Å². The van der Waals surface area contributed by atoms with E-state index in [0.717, 1.165) is 66.6 Å². The maximum atomic E-state index is 4.51. The lowest BCUT2D eigenvalue weighted by Gasteiger charge is -2.18. The van der Waals surface area contributed by atoms with E-state index in [9.17, 15) is 0 Å². The van der Waals surface area contributed by atoms with E-state index in [1.807, 2.05) is 27.7 Å². The van der Waals surface area contributed by atoms with Crippen molar-refractivity contribution < 1.29 is 0 Å². The molecule has 0 aliphatic heterocycles. The van der Waals surface area contributed by atoms with Crippen molar-refractivity contribution >= 4 is 43.6 Å². The van der Waals surface area contributed by atoms with Crippen molar-refractivity contribution in [3.63, 3.8) is 0 Å². The third kappa shape index (κ3) is 5.80. The summed E-state index contributed by atoms with van der Waals surface area (Å²) in [6, 6.07) is 42.9. The third-order valence-electron chi connectivity index (χ3n) is 10.9. The fourth-order valence-electron chi connectivity index (χ4n) is 8.26. The first-order valence-electron chi connectivity index (χ1n) is 19.0. The Hall–Kier alpha value is -6.98. The summed E-state index contributed by atoms with van der Waals surface area (Å²) in [5.74, 6) is 0. The summed E-state index contributed by atoms with van der Waals surface area (Å²) in [5, 5.41) is 30.6. The number of nitrogens with zero attached hydrogens (tertiary/aromatic N) is 11. The van der Waals surface area contributed by atoms with E-state index in [2.05, 4.69) is 168 Å². The maximum absolute atomic E-state index is 4.51. The Kier molecular flexibility index (Phi) is 8.41. The van der Waals surface area contributed by atoms with Gasteiger partial charge in [-0.15, -0.1) is 15.3 Å². The summed E-state index contributed by atoms with van der Waals surface area (Å²) >= 11 is 0. The summed E-state index contributed by atoms with van der Waals surface area (Å²) in [6.45, 7) is 5.84. The first-order chi connectivity index (χ1) is 27.6. The van der Waals surface area contributed by atoms with Gasteiger partial charge < -0.3 is 14.0 Å². The van der Waals surface area contributed by atoms with Crippen LogP contribution in [0, 0.1) is 0 Å². The first kappa shape index (κ1) is 33.6. The number of aromatic nitrogens is 10. The lowest BCUT2D eigenvalue weighted by Crippen LogP contribution is -2.20. The number of hydrogen-bond donors (Lipinski definition) is 0. The predicted molar refractivity (Wildman–Crippen MR) is 222 cm³/mol. The highest BCUT2D eigenvalue weighted by Gasteiger charge is 2.17. The molecule has 5 heterocycles. The second-order valence-corrected chi connectivity index (χ2v) is 14.3. The second-order valence-electron chi connectivity index (χ2n) is 14.3. The molecule has 11 heteroatoms. The largest absolute Gasteiger partial charge is 0.341 e. The van der Waals surface area contributed by atoms with Crippen molar-refractivity contribution in [1.29, 1.82) is 0 Å². The standard InChI is InChI=1S/C45H39N11/c1-3-53-40-13-6-4-10-35(40)37-26-33(19-21-42(37)53)55-44(28-47-50-55)32-17-15-31(16-18-32)30-52(2)24-9-25-54-41-14-7-5-11-36(41)38-27-34(20-22-43(38)54)56-45(29-48-51-56)39-12-8-23-46-49-39/h4-8,10-23,26-29H,3,9,24-25,30H2,1-2H3. The maximum Gasteiger partial charge on any atom is 0.115 e. The van der Waals surface area contributed by atoms with Crippen LogP contribution >= 0.6 is 0 Å². The van der Waals surface area contributed by atoms with Crippen LogP contribution in [-0.2, 0) is 19.6 Å².